The van der Waals surface area contributed by atoms with Crippen LogP contribution in [0, 0.1) is 5.82 Å². The molecule has 1 aliphatic heterocycles. The number of alkyl halides is 1. The summed E-state index contributed by atoms with van der Waals surface area (Å²) in [7, 11) is 0. The Morgan fingerprint density at radius 3 is 2.84 bits per heavy atom. The van der Waals surface area contributed by atoms with Gasteiger partial charge >= 0.3 is 0 Å². The minimum Gasteiger partial charge on any atom is -0.369 e. The standard InChI is InChI=1S/C14H18Br2FNO/c1-14(2)9-18(8-12(6-15)19-14)7-10-3-4-11(16)5-13(10)17/h3-5,12H,6-9H2,1-2H3. The number of rotatable bonds is 3. The Bertz CT molecular complexity index is 453. The van der Waals surface area contributed by atoms with Crippen LogP contribution in [0.5, 0.6) is 0 Å². The second kappa shape index (κ2) is 6.20. The number of hydrogen-bond donors (Lipinski definition) is 0. The first kappa shape index (κ1) is 15.4. The first-order valence-electron chi connectivity index (χ1n) is 6.30. The molecule has 1 atom stereocenters. The van der Waals surface area contributed by atoms with Crippen LogP contribution in [0.3, 0.4) is 0 Å². The lowest BCUT2D eigenvalue weighted by atomic mass is 10.0. The zero-order valence-corrected chi connectivity index (χ0v) is 14.3. The molecule has 1 aromatic rings. The molecule has 19 heavy (non-hydrogen) atoms. The van der Waals surface area contributed by atoms with E-state index in [1.54, 1.807) is 0 Å². The maximum Gasteiger partial charge on any atom is 0.128 e. The van der Waals surface area contributed by atoms with Gasteiger partial charge in [0.2, 0.25) is 0 Å². The van der Waals surface area contributed by atoms with Crippen molar-refractivity contribution in [1.82, 2.24) is 4.90 Å². The van der Waals surface area contributed by atoms with Crippen LogP contribution in [-0.4, -0.2) is 35.0 Å². The highest BCUT2D eigenvalue weighted by atomic mass is 79.9. The van der Waals surface area contributed by atoms with E-state index < -0.39 is 0 Å². The van der Waals surface area contributed by atoms with Gasteiger partial charge < -0.3 is 4.74 Å². The minimum atomic E-state index is -0.192. The molecule has 106 valence electrons. The molecule has 1 heterocycles. The van der Waals surface area contributed by atoms with Gasteiger partial charge in [0.05, 0.1) is 11.7 Å². The van der Waals surface area contributed by atoms with Gasteiger partial charge in [0, 0.05) is 35.0 Å². The second-order valence-corrected chi connectivity index (χ2v) is 7.12. The Morgan fingerprint density at radius 2 is 2.21 bits per heavy atom. The molecule has 1 aromatic carbocycles. The summed E-state index contributed by atoms with van der Waals surface area (Å²) in [6.07, 6.45) is 0.155. The molecular formula is C14H18Br2FNO. The van der Waals surface area contributed by atoms with Crippen molar-refractivity contribution in [1.29, 1.82) is 0 Å². The lowest BCUT2D eigenvalue weighted by Gasteiger charge is -2.42. The van der Waals surface area contributed by atoms with Gasteiger partial charge in [-0.3, -0.25) is 4.90 Å². The van der Waals surface area contributed by atoms with E-state index in [0.717, 1.165) is 28.5 Å². The highest BCUT2D eigenvalue weighted by Gasteiger charge is 2.32. The van der Waals surface area contributed by atoms with E-state index in [2.05, 4.69) is 50.6 Å². The van der Waals surface area contributed by atoms with Gasteiger partial charge in [0.1, 0.15) is 5.82 Å². The Balaban J connectivity index is 2.09. The van der Waals surface area contributed by atoms with Crippen LogP contribution in [0.25, 0.3) is 0 Å². The molecule has 5 heteroatoms. The van der Waals surface area contributed by atoms with Gasteiger partial charge in [0.25, 0.3) is 0 Å². The third-order valence-electron chi connectivity index (χ3n) is 3.13. The van der Waals surface area contributed by atoms with Crippen LogP contribution in [0.15, 0.2) is 22.7 Å². The van der Waals surface area contributed by atoms with Crippen molar-refractivity contribution in [2.75, 3.05) is 18.4 Å². The maximum absolute atomic E-state index is 13.9. The van der Waals surface area contributed by atoms with Gasteiger partial charge in [-0.05, 0) is 26.0 Å². The molecule has 2 nitrogen and oxygen atoms in total. The van der Waals surface area contributed by atoms with Crippen LogP contribution in [0.1, 0.15) is 19.4 Å². The quantitative estimate of drug-likeness (QED) is 0.719. The van der Waals surface area contributed by atoms with Crippen LogP contribution in [-0.2, 0) is 11.3 Å². The minimum absolute atomic E-state index is 0.155. The molecule has 0 N–H and O–H groups in total. The summed E-state index contributed by atoms with van der Waals surface area (Å²) in [6, 6.07) is 5.24. The molecular weight excluding hydrogens is 377 g/mol. The fraction of sp³-hybridized carbons (Fsp3) is 0.571. The van der Waals surface area contributed by atoms with E-state index in [9.17, 15) is 4.39 Å². The van der Waals surface area contributed by atoms with Crippen molar-refractivity contribution in [2.45, 2.75) is 32.1 Å². The summed E-state index contributed by atoms with van der Waals surface area (Å²) in [5.41, 5.74) is 0.539. The first-order chi connectivity index (χ1) is 8.89. The number of morpholine rings is 1. The molecule has 1 fully saturated rings. The Hall–Kier alpha value is 0.0300. The summed E-state index contributed by atoms with van der Waals surface area (Å²) < 4.78 is 20.6. The van der Waals surface area contributed by atoms with E-state index in [4.69, 9.17) is 4.74 Å². The zero-order valence-electron chi connectivity index (χ0n) is 11.1. The number of ether oxygens (including phenoxy) is 1. The largest absolute Gasteiger partial charge is 0.369 e. The summed E-state index contributed by atoms with van der Waals surface area (Å²) >= 11 is 6.75. The summed E-state index contributed by atoms with van der Waals surface area (Å²) in [5, 5.41) is 0.801. The van der Waals surface area contributed by atoms with Crippen LogP contribution < -0.4 is 0 Å². The fourth-order valence-corrected chi connectivity index (χ4v) is 3.18. The number of halogens is 3. The third kappa shape index (κ3) is 4.25. The Kier molecular flexibility index (Phi) is 5.04. The van der Waals surface area contributed by atoms with E-state index in [-0.39, 0.29) is 17.5 Å². The van der Waals surface area contributed by atoms with Gasteiger partial charge in [-0.25, -0.2) is 4.39 Å². The van der Waals surface area contributed by atoms with Gasteiger partial charge in [-0.15, -0.1) is 0 Å². The maximum atomic E-state index is 13.9. The average Bonchev–Trinajstić information content (AvgIpc) is 2.31. The third-order valence-corrected chi connectivity index (χ3v) is 4.35. The molecule has 0 aliphatic carbocycles. The Labute approximate surface area is 130 Å². The number of benzene rings is 1. The number of hydrogen-bond acceptors (Lipinski definition) is 2. The van der Waals surface area contributed by atoms with Crippen molar-refractivity contribution in [2.24, 2.45) is 0 Å². The van der Waals surface area contributed by atoms with Crippen molar-refractivity contribution in [3.05, 3.63) is 34.1 Å². The molecule has 0 amide bonds. The molecule has 1 unspecified atom stereocenters. The molecule has 0 bridgehead atoms. The summed E-state index contributed by atoms with van der Waals surface area (Å²) in [5.74, 6) is -0.158. The molecule has 0 aromatic heterocycles. The van der Waals surface area contributed by atoms with E-state index >= 15 is 0 Å². The molecule has 0 saturated carbocycles. The monoisotopic (exact) mass is 393 g/mol. The van der Waals surface area contributed by atoms with Gasteiger partial charge in [0.15, 0.2) is 0 Å². The van der Waals surface area contributed by atoms with E-state index in [0.29, 0.717) is 6.54 Å². The topological polar surface area (TPSA) is 12.5 Å². The normalized spacial score (nSPS) is 23.5. The van der Waals surface area contributed by atoms with Crippen LogP contribution in [0.4, 0.5) is 4.39 Å². The summed E-state index contributed by atoms with van der Waals surface area (Å²) in [6.45, 7) is 6.41. The average molecular weight is 395 g/mol. The van der Waals surface area contributed by atoms with Crippen molar-refractivity contribution in [3.63, 3.8) is 0 Å². The highest BCUT2D eigenvalue weighted by Crippen LogP contribution is 2.24. The predicted molar refractivity (Wildman–Crippen MR) is 82.1 cm³/mol. The smallest absolute Gasteiger partial charge is 0.128 e. The summed E-state index contributed by atoms with van der Waals surface area (Å²) in [4.78, 5) is 2.25. The number of nitrogens with zero attached hydrogens (tertiary/aromatic N) is 1. The predicted octanol–water partition coefficient (Wildman–Crippen LogP) is 3.96. The van der Waals surface area contributed by atoms with Gasteiger partial charge in [-0.1, -0.05) is 37.9 Å². The zero-order chi connectivity index (χ0) is 14.0. The Morgan fingerprint density at radius 1 is 1.47 bits per heavy atom. The van der Waals surface area contributed by atoms with Crippen molar-refractivity contribution < 1.29 is 9.13 Å². The van der Waals surface area contributed by atoms with E-state index in [1.165, 1.54) is 6.07 Å². The molecule has 1 saturated heterocycles. The molecule has 0 spiro atoms. The molecule has 2 rings (SSSR count). The van der Waals surface area contributed by atoms with E-state index in [1.807, 2.05) is 12.1 Å². The van der Waals surface area contributed by atoms with Crippen LogP contribution >= 0.6 is 31.9 Å². The molecule has 0 radical (unpaired) electrons. The lowest BCUT2D eigenvalue weighted by molar-refractivity contribution is -0.128. The van der Waals surface area contributed by atoms with Crippen molar-refractivity contribution >= 4 is 31.9 Å². The van der Waals surface area contributed by atoms with Crippen molar-refractivity contribution in [3.8, 4) is 0 Å². The fourth-order valence-electron chi connectivity index (χ4n) is 2.51. The highest BCUT2D eigenvalue weighted by molar-refractivity contribution is 9.10. The first-order valence-corrected chi connectivity index (χ1v) is 8.21. The van der Waals surface area contributed by atoms with Crippen LogP contribution in [0.2, 0.25) is 0 Å². The SMILES string of the molecule is CC1(C)CN(Cc2ccc(Br)cc2F)CC(CBr)O1. The lowest BCUT2D eigenvalue weighted by Crippen LogP contribution is -2.52. The van der Waals surface area contributed by atoms with Gasteiger partial charge in [-0.2, -0.15) is 0 Å². The second-order valence-electron chi connectivity index (χ2n) is 5.56. The molecule has 1 aliphatic rings.